The number of rotatable bonds is 0. The SMILES string of the molecule is Cc1nc2nc(Cl)[nH]c2cc1Br. The fraction of sp³-hybridized carbons (Fsp3) is 0.143. The Morgan fingerprint density at radius 2 is 2.25 bits per heavy atom. The maximum atomic E-state index is 5.67. The normalized spacial score (nSPS) is 10.9. The smallest absolute Gasteiger partial charge is 0.202 e. The summed E-state index contributed by atoms with van der Waals surface area (Å²) < 4.78 is 0.954. The van der Waals surface area contributed by atoms with Gasteiger partial charge in [-0.15, -0.1) is 0 Å². The third-order valence-corrected chi connectivity index (χ3v) is 2.55. The van der Waals surface area contributed by atoms with E-state index in [4.69, 9.17) is 11.6 Å². The van der Waals surface area contributed by atoms with Gasteiger partial charge in [-0.3, -0.25) is 0 Å². The molecule has 0 fully saturated rings. The maximum Gasteiger partial charge on any atom is 0.202 e. The molecular formula is C7H5BrClN3. The molecule has 0 aliphatic rings. The van der Waals surface area contributed by atoms with Crippen LogP contribution in [-0.4, -0.2) is 15.0 Å². The number of aromatic nitrogens is 3. The number of halogens is 2. The topological polar surface area (TPSA) is 41.6 Å². The number of aryl methyl sites for hydroxylation is 1. The maximum absolute atomic E-state index is 5.67. The van der Waals surface area contributed by atoms with E-state index in [0.717, 1.165) is 15.7 Å². The summed E-state index contributed by atoms with van der Waals surface area (Å²) in [5, 5.41) is 0.370. The van der Waals surface area contributed by atoms with Crippen molar-refractivity contribution >= 4 is 38.7 Å². The quantitative estimate of drug-likeness (QED) is 0.776. The van der Waals surface area contributed by atoms with Crippen LogP contribution in [0.4, 0.5) is 0 Å². The number of nitrogens with zero attached hydrogens (tertiary/aromatic N) is 2. The van der Waals surface area contributed by atoms with Gasteiger partial charge < -0.3 is 4.98 Å². The molecule has 0 aliphatic carbocycles. The minimum Gasteiger partial charge on any atom is -0.327 e. The van der Waals surface area contributed by atoms with Crippen LogP contribution in [0.5, 0.6) is 0 Å². The molecule has 0 spiro atoms. The van der Waals surface area contributed by atoms with Crippen LogP contribution in [0.25, 0.3) is 11.2 Å². The van der Waals surface area contributed by atoms with E-state index in [1.807, 2.05) is 13.0 Å². The Balaban J connectivity index is 2.83. The highest BCUT2D eigenvalue weighted by atomic mass is 79.9. The van der Waals surface area contributed by atoms with Gasteiger partial charge in [0.2, 0.25) is 5.28 Å². The van der Waals surface area contributed by atoms with Crippen LogP contribution in [0, 0.1) is 6.92 Å². The standard InChI is InChI=1S/C7H5BrClN3/c1-3-4(8)2-5-6(10-3)12-7(9)11-5/h2H,1H3,(H,10,11,12). The third-order valence-electron chi connectivity index (χ3n) is 1.57. The molecule has 2 rings (SSSR count). The number of hydrogen-bond donors (Lipinski definition) is 1. The molecule has 0 aromatic carbocycles. The molecule has 0 radical (unpaired) electrons. The number of nitrogens with one attached hydrogen (secondary N) is 1. The average molecular weight is 246 g/mol. The van der Waals surface area contributed by atoms with Crippen molar-refractivity contribution in [2.24, 2.45) is 0 Å². The van der Waals surface area contributed by atoms with Gasteiger partial charge in [-0.25, -0.2) is 4.98 Å². The summed E-state index contributed by atoms with van der Waals surface area (Å²) in [4.78, 5) is 11.1. The summed E-state index contributed by atoms with van der Waals surface area (Å²) in [6, 6.07) is 1.91. The van der Waals surface area contributed by atoms with Crippen LogP contribution in [0.3, 0.4) is 0 Å². The number of H-pyrrole nitrogens is 1. The Labute approximate surface area is 82.3 Å². The number of hydrogen-bond acceptors (Lipinski definition) is 2. The highest BCUT2D eigenvalue weighted by molar-refractivity contribution is 9.10. The summed E-state index contributed by atoms with van der Waals surface area (Å²) >= 11 is 9.04. The highest BCUT2D eigenvalue weighted by Crippen LogP contribution is 2.20. The van der Waals surface area contributed by atoms with Crippen LogP contribution in [0.1, 0.15) is 5.69 Å². The van der Waals surface area contributed by atoms with Crippen LogP contribution in [0.2, 0.25) is 5.28 Å². The van der Waals surface area contributed by atoms with Crippen molar-refractivity contribution in [2.45, 2.75) is 6.92 Å². The van der Waals surface area contributed by atoms with E-state index in [0.29, 0.717) is 10.9 Å². The fourth-order valence-corrected chi connectivity index (χ4v) is 1.48. The van der Waals surface area contributed by atoms with Crippen molar-refractivity contribution in [1.82, 2.24) is 15.0 Å². The van der Waals surface area contributed by atoms with Crippen molar-refractivity contribution in [3.8, 4) is 0 Å². The van der Waals surface area contributed by atoms with E-state index >= 15 is 0 Å². The summed E-state index contributed by atoms with van der Waals surface area (Å²) in [6.07, 6.45) is 0. The second-order valence-electron chi connectivity index (χ2n) is 2.45. The zero-order valence-corrected chi connectivity index (χ0v) is 8.57. The van der Waals surface area contributed by atoms with Gasteiger partial charge in [0.1, 0.15) is 0 Å². The molecule has 12 heavy (non-hydrogen) atoms. The zero-order valence-electron chi connectivity index (χ0n) is 6.23. The summed E-state index contributed by atoms with van der Waals surface area (Å²) in [5.74, 6) is 0. The molecule has 62 valence electrons. The van der Waals surface area contributed by atoms with Gasteiger partial charge in [-0.1, -0.05) is 0 Å². The molecule has 0 amide bonds. The molecule has 0 aliphatic heterocycles. The molecule has 0 unspecified atom stereocenters. The monoisotopic (exact) mass is 245 g/mol. The molecule has 0 bridgehead atoms. The number of pyridine rings is 1. The van der Waals surface area contributed by atoms with Gasteiger partial charge in [0.15, 0.2) is 5.65 Å². The molecule has 0 saturated heterocycles. The lowest BCUT2D eigenvalue weighted by Crippen LogP contribution is -1.83. The van der Waals surface area contributed by atoms with E-state index in [1.54, 1.807) is 0 Å². The molecule has 3 nitrogen and oxygen atoms in total. The van der Waals surface area contributed by atoms with Gasteiger partial charge in [-0.05, 0) is 40.5 Å². The number of aromatic amines is 1. The lowest BCUT2D eigenvalue weighted by Gasteiger charge is -1.94. The van der Waals surface area contributed by atoms with Crippen molar-refractivity contribution in [3.63, 3.8) is 0 Å². The minimum atomic E-state index is 0.370. The first kappa shape index (κ1) is 8.01. The van der Waals surface area contributed by atoms with Crippen molar-refractivity contribution in [2.75, 3.05) is 0 Å². The van der Waals surface area contributed by atoms with Gasteiger partial charge in [0.25, 0.3) is 0 Å². The van der Waals surface area contributed by atoms with Crippen LogP contribution < -0.4 is 0 Å². The van der Waals surface area contributed by atoms with E-state index in [2.05, 4.69) is 30.9 Å². The van der Waals surface area contributed by atoms with E-state index in [9.17, 15) is 0 Å². The Kier molecular flexibility index (Phi) is 1.81. The lowest BCUT2D eigenvalue weighted by atomic mass is 10.3. The largest absolute Gasteiger partial charge is 0.327 e. The Morgan fingerprint density at radius 3 is 3.00 bits per heavy atom. The van der Waals surface area contributed by atoms with E-state index < -0.39 is 0 Å². The first-order valence-corrected chi connectivity index (χ1v) is 4.52. The summed E-state index contributed by atoms with van der Waals surface area (Å²) in [5.41, 5.74) is 2.41. The fourth-order valence-electron chi connectivity index (χ4n) is 0.977. The lowest BCUT2D eigenvalue weighted by molar-refractivity contribution is 1.20. The molecule has 2 heterocycles. The molecule has 5 heteroatoms. The Bertz CT molecular complexity index is 398. The predicted octanol–water partition coefficient (Wildman–Crippen LogP) is 2.68. The average Bonchev–Trinajstić information content (AvgIpc) is 2.30. The summed E-state index contributed by atoms with van der Waals surface area (Å²) in [7, 11) is 0. The number of imidazole rings is 1. The minimum absolute atomic E-state index is 0.370. The molecule has 2 aromatic rings. The third kappa shape index (κ3) is 1.21. The molecule has 1 N–H and O–H groups in total. The van der Waals surface area contributed by atoms with Gasteiger partial charge in [0.05, 0.1) is 11.2 Å². The summed E-state index contributed by atoms with van der Waals surface area (Å²) in [6.45, 7) is 1.91. The molecular weight excluding hydrogens is 241 g/mol. The molecule has 2 aromatic heterocycles. The highest BCUT2D eigenvalue weighted by Gasteiger charge is 2.04. The van der Waals surface area contributed by atoms with E-state index in [-0.39, 0.29) is 0 Å². The van der Waals surface area contributed by atoms with Crippen LogP contribution >= 0.6 is 27.5 Å². The molecule has 0 atom stereocenters. The first-order chi connectivity index (χ1) is 5.66. The second kappa shape index (κ2) is 2.71. The Morgan fingerprint density at radius 1 is 1.50 bits per heavy atom. The first-order valence-electron chi connectivity index (χ1n) is 3.35. The zero-order chi connectivity index (χ0) is 8.72. The van der Waals surface area contributed by atoms with Crippen molar-refractivity contribution in [3.05, 3.63) is 21.5 Å². The van der Waals surface area contributed by atoms with E-state index in [1.165, 1.54) is 0 Å². The van der Waals surface area contributed by atoms with Crippen molar-refractivity contribution < 1.29 is 0 Å². The van der Waals surface area contributed by atoms with Crippen LogP contribution in [0.15, 0.2) is 10.5 Å². The predicted molar refractivity (Wildman–Crippen MR) is 51.3 cm³/mol. The molecule has 0 saturated carbocycles. The number of fused-ring (bicyclic) bond motifs is 1. The van der Waals surface area contributed by atoms with Crippen LogP contribution in [-0.2, 0) is 0 Å². The van der Waals surface area contributed by atoms with Crippen molar-refractivity contribution in [1.29, 1.82) is 0 Å². The second-order valence-corrected chi connectivity index (χ2v) is 3.67. The van der Waals surface area contributed by atoms with Gasteiger partial charge in [0, 0.05) is 4.47 Å². The Hall–Kier alpha value is -0.610. The van der Waals surface area contributed by atoms with Gasteiger partial charge in [-0.2, -0.15) is 4.98 Å². The van der Waals surface area contributed by atoms with Gasteiger partial charge >= 0.3 is 0 Å².